The molecule has 0 radical (unpaired) electrons. The molecule has 0 aromatic heterocycles. The molecule has 1 aromatic rings. The largest absolute Gasteiger partial charge is 0.504 e. The second-order valence-corrected chi connectivity index (χ2v) is 4.55. The molecule has 0 bridgehead atoms. The Bertz CT molecular complexity index is 422. The third-order valence-electron chi connectivity index (χ3n) is 3.23. The first-order valence-electron chi connectivity index (χ1n) is 5.88. The Labute approximate surface area is 112 Å². The third kappa shape index (κ3) is 3.07. The molecule has 0 atom stereocenters. The first-order chi connectivity index (χ1) is 8.48. The average molecular weight is 272 g/mol. The van der Waals surface area contributed by atoms with Gasteiger partial charge in [-0.05, 0) is 31.0 Å². The van der Waals surface area contributed by atoms with E-state index in [9.17, 15) is 15.0 Å². The Morgan fingerprint density at radius 3 is 2.33 bits per heavy atom. The molecular formula is C13H18ClNO3. The van der Waals surface area contributed by atoms with Gasteiger partial charge in [0.15, 0.2) is 11.5 Å². The standard InChI is InChI=1S/C13H18ClNO3/c1-3-13(4-2,8-14)15-12(18)9-5-6-10(16)11(17)7-9/h5-7,16-17H,3-4,8H2,1-2H3,(H,15,18). The molecule has 1 rings (SSSR count). The molecule has 0 saturated carbocycles. The Kier molecular flexibility index (Phi) is 4.84. The van der Waals surface area contributed by atoms with Gasteiger partial charge < -0.3 is 15.5 Å². The predicted octanol–water partition coefficient (Wildman–Crippen LogP) is 2.63. The highest BCUT2D eigenvalue weighted by Gasteiger charge is 2.27. The number of nitrogens with one attached hydrogen (secondary N) is 1. The van der Waals surface area contributed by atoms with E-state index in [-0.39, 0.29) is 17.4 Å². The van der Waals surface area contributed by atoms with Crippen molar-refractivity contribution in [3.63, 3.8) is 0 Å². The van der Waals surface area contributed by atoms with Gasteiger partial charge in [0.1, 0.15) is 0 Å². The fourth-order valence-corrected chi connectivity index (χ4v) is 2.07. The van der Waals surface area contributed by atoms with Crippen LogP contribution in [0.4, 0.5) is 0 Å². The van der Waals surface area contributed by atoms with Gasteiger partial charge in [-0.1, -0.05) is 13.8 Å². The number of phenols is 2. The Balaban J connectivity index is 2.90. The van der Waals surface area contributed by atoms with Crippen LogP contribution in [0.2, 0.25) is 0 Å². The van der Waals surface area contributed by atoms with Gasteiger partial charge in [-0.3, -0.25) is 4.79 Å². The summed E-state index contributed by atoms with van der Waals surface area (Å²) >= 11 is 5.91. The summed E-state index contributed by atoms with van der Waals surface area (Å²) in [6.45, 7) is 3.92. The van der Waals surface area contributed by atoms with Crippen LogP contribution in [-0.2, 0) is 0 Å². The molecule has 0 heterocycles. The van der Waals surface area contributed by atoms with Gasteiger partial charge in [0.2, 0.25) is 0 Å². The normalized spacial score (nSPS) is 11.3. The summed E-state index contributed by atoms with van der Waals surface area (Å²) in [5.41, 5.74) is -0.145. The van der Waals surface area contributed by atoms with E-state index < -0.39 is 5.54 Å². The summed E-state index contributed by atoms with van der Waals surface area (Å²) in [5, 5.41) is 21.4. The van der Waals surface area contributed by atoms with Crippen molar-refractivity contribution in [3.8, 4) is 11.5 Å². The second kappa shape index (κ2) is 5.96. The maximum atomic E-state index is 12.0. The highest BCUT2D eigenvalue weighted by molar-refractivity contribution is 6.19. The molecule has 0 aliphatic rings. The van der Waals surface area contributed by atoms with E-state index in [1.807, 2.05) is 13.8 Å². The van der Waals surface area contributed by atoms with Crippen LogP contribution in [0, 0.1) is 0 Å². The van der Waals surface area contributed by atoms with Gasteiger partial charge in [0, 0.05) is 11.4 Å². The maximum absolute atomic E-state index is 12.0. The Morgan fingerprint density at radius 2 is 1.89 bits per heavy atom. The van der Waals surface area contributed by atoms with Crippen LogP contribution in [0.5, 0.6) is 11.5 Å². The van der Waals surface area contributed by atoms with E-state index in [1.165, 1.54) is 18.2 Å². The van der Waals surface area contributed by atoms with Crippen molar-refractivity contribution in [1.29, 1.82) is 0 Å². The monoisotopic (exact) mass is 271 g/mol. The molecule has 0 unspecified atom stereocenters. The molecular weight excluding hydrogens is 254 g/mol. The number of hydrogen-bond donors (Lipinski definition) is 3. The number of phenolic OH excluding ortho intramolecular Hbond substituents is 2. The molecule has 18 heavy (non-hydrogen) atoms. The van der Waals surface area contributed by atoms with Gasteiger partial charge in [-0.15, -0.1) is 11.6 Å². The number of benzene rings is 1. The van der Waals surface area contributed by atoms with Gasteiger partial charge in [-0.2, -0.15) is 0 Å². The number of carbonyl (C=O) groups excluding carboxylic acids is 1. The third-order valence-corrected chi connectivity index (χ3v) is 3.74. The first-order valence-corrected chi connectivity index (χ1v) is 6.42. The molecule has 0 saturated heterocycles. The zero-order valence-corrected chi connectivity index (χ0v) is 11.3. The van der Waals surface area contributed by atoms with E-state index in [2.05, 4.69) is 5.32 Å². The Hall–Kier alpha value is -1.42. The lowest BCUT2D eigenvalue weighted by molar-refractivity contribution is 0.0902. The van der Waals surface area contributed by atoms with Gasteiger partial charge >= 0.3 is 0 Å². The molecule has 4 nitrogen and oxygen atoms in total. The van der Waals surface area contributed by atoms with Crippen LogP contribution >= 0.6 is 11.6 Å². The highest BCUT2D eigenvalue weighted by atomic mass is 35.5. The highest BCUT2D eigenvalue weighted by Crippen LogP contribution is 2.25. The summed E-state index contributed by atoms with van der Waals surface area (Å²) in [4.78, 5) is 12.0. The smallest absolute Gasteiger partial charge is 0.251 e. The van der Waals surface area contributed by atoms with Gasteiger partial charge in [0.05, 0.1) is 5.54 Å². The summed E-state index contributed by atoms with van der Waals surface area (Å²) in [6.07, 6.45) is 1.45. The molecule has 100 valence electrons. The summed E-state index contributed by atoms with van der Waals surface area (Å²) < 4.78 is 0. The fourth-order valence-electron chi connectivity index (χ4n) is 1.63. The lowest BCUT2D eigenvalue weighted by atomic mass is 9.94. The van der Waals surface area contributed by atoms with Gasteiger partial charge in [-0.25, -0.2) is 0 Å². The zero-order valence-electron chi connectivity index (χ0n) is 10.5. The molecule has 3 N–H and O–H groups in total. The lowest BCUT2D eigenvalue weighted by Crippen LogP contribution is -2.49. The van der Waals surface area contributed by atoms with Crippen molar-refractivity contribution in [2.75, 3.05) is 5.88 Å². The van der Waals surface area contributed by atoms with Crippen LogP contribution in [-0.4, -0.2) is 27.5 Å². The molecule has 0 aliphatic carbocycles. The van der Waals surface area contributed by atoms with Crippen LogP contribution in [0.3, 0.4) is 0 Å². The molecule has 0 fully saturated rings. The minimum absolute atomic E-state index is 0.249. The number of halogens is 1. The van der Waals surface area contributed by atoms with Crippen molar-refractivity contribution >= 4 is 17.5 Å². The summed E-state index contributed by atoms with van der Waals surface area (Å²) in [5.74, 6) is -0.543. The number of alkyl halides is 1. The fraction of sp³-hybridized carbons (Fsp3) is 0.462. The van der Waals surface area contributed by atoms with Crippen LogP contribution in [0.15, 0.2) is 18.2 Å². The van der Waals surface area contributed by atoms with Crippen molar-refractivity contribution in [2.24, 2.45) is 0 Å². The number of rotatable bonds is 5. The van der Waals surface area contributed by atoms with Crippen molar-refractivity contribution in [1.82, 2.24) is 5.32 Å². The maximum Gasteiger partial charge on any atom is 0.251 e. The van der Waals surface area contributed by atoms with Gasteiger partial charge in [0.25, 0.3) is 5.91 Å². The van der Waals surface area contributed by atoms with Crippen molar-refractivity contribution in [3.05, 3.63) is 23.8 Å². The van der Waals surface area contributed by atoms with E-state index in [1.54, 1.807) is 0 Å². The lowest BCUT2D eigenvalue weighted by Gasteiger charge is -2.30. The Morgan fingerprint density at radius 1 is 1.28 bits per heavy atom. The zero-order chi connectivity index (χ0) is 13.8. The predicted molar refractivity (Wildman–Crippen MR) is 71.3 cm³/mol. The minimum Gasteiger partial charge on any atom is -0.504 e. The van der Waals surface area contributed by atoms with Crippen LogP contribution < -0.4 is 5.32 Å². The molecule has 0 aliphatic heterocycles. The van der Waals surface area contributed by atoms with E-state index in [0.29, 0.717) is 11.4 Å². The molecule has 0 spiro atoms. The van der Waals surface area contributed by atoms with Crippen molar-refractivity contribution in [2.45, 2.75) is 32.2 Å². The number of hydrogen-bond acceptors (Lipinski definition) is 3. The minimum atomic E-state index is -0.438. The quantitative estimate of drug-likeness (QED) is 0.570. The number of aromatic hydroxyl groups is 2. The van der Waals surface area contributed by atoms with Crippen LogP contribution in [0.25, 0.3) is 0 Å². The first kappa shape index (κ1) is 14.6. The topological polar surface area (TPSA) is 69.6 Å². The molecule has 5 heteroatoms. The molecule has 1 amide bonds. The second-order valence-electron chi connectivity index (χ2n) is 4.28. The van der Waals surface area contributed by atoms with E-state index in [4.69, 9.17) is 11.6 Å². The van der Waals surface area contributed by atoms with E-state index >= 15 is 0 Å². The average Bonchev–Trinajstić information content (AvgIpc) is 2.39. The van der Waals surface area contributed by atoms with Crippen molar-refractivity contribution < 1.29 is 15.0 Å². The SMILES string of the molecule is CCC(CC)(CCl)NC(=O)c1ccc(O)c(O)c1. The van der Waals surface area contributed by atoms with Crippen LogP contribution in [0.1, 0.15) is 37.0 Å². The summed E-state index contributed by atoms with van der Waals surface area (Å²) in [7, 11) is 0. The summed E-state index contributed by atoms with van der Waals surface area (Å²) in [6, 6.07) is 3.97. The number of amides is 1. The molecule has 1 aromatic carbocycles. The number of carbonyl (C=O) groups is 1. The van der Waals surface area contributed by atoms with E-state index in [0.717, 1.165) is 12.8 Å².